The molecule has 1 unspecified atom stereocenters. The van der Waals surface area contributed by atoms with E-state index in [4.69, 9.17) is 14.2 Å². The largest absolute Gasteiger partial charge is 0.462 e. The summed E-state index contributed by atoms with van der Waals surface area (Å²) in [6.07, 6.45) is 70.6. The first-order valence-corrected chi connectivity index (χ1v) is 26.5. The highest BCUT2D eigenvalue weighted by atomic mass is 16.6. The maximum absolute atomic E-state index is 12.8. The van der Waals surface area contributed by atoms with Crippen molar-refractivity contribution < 1.29 is 28.6 Å². The fourth-order valence-electron chi connectivity index (χ4n) is 7.00. The van der Waals surface area contributed by atoms with Gasteiger partial charge in [0.15, 0.2) is 6.10 Å². The van der Waals surface area contributed by atoms with Crippen LogP contribution in [-0.2, 0) is 28.6 Å². The Morgan fingerprint density at radius 1 is 0.323 bits per heavy atom. The maximum Gasteiger partial charge on any atom is 0.306 e. The zero-order valence-electron chi connectivity index (χ0n) is 42.0. The first-order valence-electron chi connectivity index (χ1n) is 26.5. The van der Waals surface area contributed by atoms with Gasteiger partial charge in [-0.3, -0.25) is 14.4 Å². The van der Waals surface area contributed by atoms with Gasteiger partial charge in [0, 0.05) is 19.3 Å². The first-order chi connectivity index (χ1) is 32.0. The quantitative estimate of drug-likeness (QED) is 0.0262. The van der Waals surface area contributed by atoms with Crippen LogP contribution in [0.25, 0.3) is 0 Å². The summed E-state index contributed by atoms with van der Waals surface area (Å²) >= 11 is 0. The third kappa shape index (κ3) is 50.9. The van der Waals surface area contributed by atoms with Crippen molar-refractivity contribution in [1.82, 2.24) is 0 Å². The van der Waals surface area contributed by atoms with Crippen molar-refractivity contribution in [2.75, 3.05) is 13.2 Å². The third-order valence-electron chi connectivity index (χ3n) is 11.0. The van der Waals surface area contributed by atoms with E-state index >= 15 is 0 Å². The Balaban J connectivity index is 4.52. The lowest BCUT2D eigenvalue weighted by Gasteiger charge is -2.18. The minimum Gasteiger partial charge on any atom is -0.462 e. The number of unbranched alkanes of at least 4 members (excludes halogenated alkanes) is 24. The number of carbonyl (C=O) groups excluding carboxylic acids is 3. The average Bonchev–Trinajstić information content (AvgIpc) is 3.30. The van der Waals surface area contributed by atoms with Crippen LogP contribution in [0.5, 0.6) is 0 Å². The van der Waals surface area contributed by atoms with E-state index in [2.05, 4.69) is 69.4 Å². The van der Waals surface area contributed by atoms with Crippen molar-refractivity contribution >= 4 is 17.9 Å². The molecule has 1 atom stereocenters. The first kappa shape index (κ1) is 61.1. The Labute approximate surface area is 400 Å². The third-order valence-corrected chi connectivity index (χ3v) is 11.0. The summed E-state index contributed by atoms with van der Waals surface area (Å²) in [4.78, 5) is 38.0. The molecule has 0 aromatic carbocycles. The van der Waals surface area contributed by atoms with Crippen molar-refractivity contribution in [1.29, 1.82) is 0 Å². The molecule has 6 nitrogen and oxygen atoms in total. The molecule has 65 heavy (non-hydrogen) atoms. The number of rotatable bonds is 46. The molecule has 0 aromatic rings. The van der Waals surface area contributed by atoms with Gasteiger partial charge in [-0.05, 0) is 64.2 Å². The number of esters is 3. The molecule has 0 aromatic heterocycles. The lowest BCUT2D eigenvalue weighted by Crippen LogP contribution is -2.30. The molecule has 0 rings (SSSR count). The van der Waals surface area contributed by atoms with Crippen LogP contribution in [0.3, 0.4) is 0 Å². The topological polar surface area (TPSA) is 78.9 Å². The van der Waals surface area contributed by atoms with Gasteiger partial charge in [0.2, 0.25) is 0 Å². The summed E-state index contributed by atoms with van der Waals surface area (Å²) in [6.45, 7) is 6.41. The normalized spacial score (nSPS) is 13.0. The van der Waals surface area contributed by atoms with Crippen molar-refractivity contribution in [3.05, 3.63) is 109 Å². The van der Waals surface area contributed by atoms with Gasteiger partial charge >= 0.3 is 17.9 Å². The summed E-state index contributed by atoms with van der Waals surface area (Å²) < 4.78 is 16.8. The molecule has 0 N–H and O–H groups in total. The van der Waals surface area contributed by atoms with E-state index in [0.717, 1.165) is 89.9 Å². The summed E-state index contributed by atoms with van der Waals surface area (Å²) in [7, 11) is 0. The minimum absolute atomic E-state index is 0.103. The maximum atomic E-state index is 12.8. The Hall–Kier alpha value is -3.93. The van der Waals surface area contributed by atoms with Crippen LogP contribution in [0.15, 0.2) is 109 Å². The van der Waals surface area contributed by atoms with Gasteiger partial charge in [0.25, 0.3) is 0 Å². The molecule has 0 radical (unpaired) electrons. The number of hydrogen-bond donors (Lipinski definition) is 0. The Bertz CT molecular complexity index is 1360. The predicted octanol–water partition coefficient (Wildman–Crippen LogP) is 17.5. The molecule has 0 saturated carbocycles. The Morgan fingerprint density at radius 2 is 0.600 bits per heavy atom. The molecular formula is C59H96O6. The summed E-state index contributed by atoms with van der Waals surface area (Å²) in [5.74, 6) is -0.971. The van der Waals surface area contributed by atoms with Crippen LogP contribution < -0.4 is 0 Å². The molecule has 0 fully saturated rings. The van der Waals surface area contributed by atoms with E-state index in [9.17, 15) is 14.4 Å². The van der Waals surface area contributed by atoms with E-state index in [0.29, 0.717) is 19.3 Å². The van der Waals surface area contributed by atoms with Crippen LogP contribution in [0.1, 0.15) is 226 Å². The molecule has 0 aliphatic carbocycles. The molecule has 0 bridgehead atoms. The Morgan fingerprint density at radius 3 is 0.954 bits per heavy atom. The number of ether oxygens (including phenoxy) is 3. The molecule has 0 saturated heterocycles. The summed E-state index contributed by atoms with van der Waals surface area (Å²) in [6, 6.07) is 0. The molecule has 0 spiro atoms. The van der Waals surface area contributed by atoms with Crippen LogP contribution >= 0.6 is 0 Å². The zero-order chi connectivity index (χ0) is 47.2. The fourth-order valence-corrected chi connectivity index (χ4v) is 7.00. The Kier molecular flexibility index (Phi) is 49.5. The molecular weight excluding hydrogens is 805 g/mol. The summed E-state index contributed by atoms with van der Waals surface area (Å²) in [5, 5.41) is 0. The van der Waals surface area contributed by atoms with Crippen LogP contribution in [-0.4, -0.2) is 37.2 Å². The smallest absolute Gasteiger partial charge is 0.306 e. The van der Waals surface area contributed by atoms with E-state index in [1.807, 2.05) is 60.8 Å². The average molecular weight is 901 g/mol. The standard InChI is InChI=1S/C59H96O6/c1-4-7-10-13-16-19-22-25-27-29-31-32-34-37-40-43-46-49-52-58(61)64-55-56(54-63-57(60)51-48-45-42-39-36-24-21-18-15-12-9-6-3)65-59(62)53-50-47-44-41-38-35-33-30-28-26-23-20-17-14-11-8-5-2/h8,11,14,17,20,22-23,25-33,35,38,56H,4-7,9-10,12-13,15-16,18-19,21,24,34,36-37,39-55H2,1-3H3/b11-8-,17-14-,23-20-,25-22-,28-26-,29-27-,32-31-,33-30+,38-35-. The monoisotopic (exact) mass is 901 g/mol. The van der Waals surface area contributed by atoms with E-state index in [1.54, 1.807) is 0 Å². The highest BCUT2D eigenvalue weighted by Gasteiger charge is 2.19. The number of carbonyl (C=O) groups is 3. The van der Waals surface area contributed by atoms with Gasteiger partial charge in [0.1, 0.15) is 13.2 Å². The second-order valence-electron chi connectivity index (χ2n) is 17.3. The van der Waals surface area contributed by atoms with E-state index in [-0.39, 0.29) is 37.5 Å². The van der Waals surface area contributed by atoms with Crippen molar-refractivity contribution in [3.63, 3.8) is 0 Å². The summed E-state index contributed by atoms with van der Waals surface area (Å²) in [5.41, 5.74) is 0. The van der Waals surface area contributed by atoms with E-state index in [1.165, 1.54) is 89.9 Å². The molecule has 368 valence electrons. The molecule has 0 amide bonds. The highest BCUT2D eigenvalue weighted by Crippen LogP contribution is 2.14. The van der Waals surface area contributed by atoms with E-state index < -0.39 is 6.10 Å². The van der Waals surface area contributed by atoms with Crippen LogP contribution in [0.2, 0.25) is 0 Å². The second kappa shape index (κ2) is 52.7. The fraction of sp³-hybridized carbons (Fsp3) is 0.644. The number of hydrogen-bond acceptors (Lipinski definition) is 6. The second-order valence-corrected chi connectivity index (χ2v) is 17.3. The van der Waals surface area contributed by atoms with Crippen LogP contribution in [0, 0.1) is 0 Å². The van der Waals surface area contributed by atoms with Crippen molar-refractivity contribution in [2.24, 2.45) is 0 Å². The lowest BCUT2D eigenvalue weighted by atomic mass is 10.0. The lowest BCUT2D eigenvalue weighted by molar-refractivity contribution is -0.167. The van der Waals surface area contributed by atoms with Crippen molar-refractivity contribution in [3.8, 4) is 0 Å². The highest BCUT2D eigenvalue weighted by molar-refractivity contribution is 5.71. The van der Waals surface area contributed by atoms with Gasteiger partial charge in [0.05, 0.1) is 0 Å². The van der Waals surface area contributed by atoms with Gasteiger partial charge < -0.3 is 14.2 Å². The van der Waals surface area contributed by atoms with Crippen molar-refractivity contribution in [2.45, 2.75) is 232 Å². The van der Waals surface area contributed by atoms with Gasteiger partial charge in [-0.1, -0.05) is 252 Å². The minimum atomic E-state index is -0.810. The molecule has 0 heterocycles. The van der Waals surface area contributed by atoms with Crippen LogP contribution in [0.4, 0.5) is 0 Å². The van der Waals surface area contributed by atoms with Gasteiger partial charge in [-0.2, -0.15) is 0 Å². The molecule has 0 aliphatic rings. The number of allylic oxidation sites excluding steroid dienone is 18. The predicted molar refractivity (Wildman–Crippen MR) is 279 cm³/mol. The molecule has 6 heteroatoms. The zero-order valence-corrected chi connectivity index (χ0v) is 42.0. The SMILES string of the molecule is CC\C=C/C=C\C=C/C=C\C=C\C=C/CCCCCC(=O)OC(COC(=O)CCCCCCC\C=C/C=C\C=C/CCCCCCC)COC(=O)CCCCCCCCCCCCCC. The van der Waals surface area contributed by atoms with Gasteiger partial charge in [-0.25, -0.2) is 0 Å². The van der Waals surface area contributed by atoms with Gasteiger partial charge in [-0.15, -0.1) is 0 Å². The molecule has 0 aliphatic heterocycles.